The Kier molecular flexibility index (Phi) is 3.96. The zero-order chi connectivity index (χ0) is 10.4. The summed E-state index contributed by atoms with van der Waals surface area (Å²) in [6.45, 7) is 0.542. The van der Waals surface area contributed by atoms with E-state index < -0.39 is 5.82 Å². The summed E-state index contributed by atoms with van der Waals surface area (Å²) in [6, 6.07) is 6.05. The van der Waals surface area contributed by atoms with Gasteiger partial charge >= 0.3 is 0 Å². The first-order valence-electron chi connectivity index (χ1n) is 3.96. The molecule has 0 bridgehead atoms. The van der Waals surface area contributed by atoms with Gasteiger partial charge in [0.1, 0.15) is 11.9 Å². The quantitative estimate of drug-likeness (QED) is 0.833. The molecule has 0 fully saturated rings. The van der Waals surface area contributed by atoms with E-state index in [1.165, 1.54) is 17.7 Å². The molecule has 14 heavy (non-hydrogen) atoms. The summed E-state index contributed by atoms with van der Waals surface area (Å²) < 4.78 is 12.9. The second-order valence-corrected chi connectivity index (χ2v) is 2.80. The molecule has 0 unspecified atom stereocenters. The van der Waals surface area contributed by atoms with Gasteiger partial charge in [0.2, 0.25) is 0 Å². The molecular weight excluding hydrogens is 203 g/mol. The Morgan fingerprint density at radius 2 is 2.36 bits per heavy atom. The van der Waals surface area contributed by atoms with Crippen LogP contribution in [-0.4, -0.2) is 6.54 Å². The van der Waals surface area contributed by atoms with Crippen LogP contribution in [0.3, 0.4) is 0 Å². The third-order valence-corrected chi connectivity index (χ3v) is 1.78. The Morgan fingerprint density at radius 3 is 3.00 bits per heavy atom. The Balaban J connectivity index is 2.75. The molecule has 1 rings (SSSR count). The van der Waals surface area contributed by atoms with Gasteiger partial charge in [-0.15, -0.1) is 0 Å². The van der Waals surface area contributed by atoms with E-state index in [0.717, 1.165) is 0 Å². The monoisotopic (exact) mass is 210 g/mol. The minimum atomic E-state index is -0.508. The number of rotatable bonds is 3. The highest BCUT2D eigenvalue weighted by Gasteiger charge is 2.00. The molecule has 1 N–H and O–H groups in total. The molecule has 72 valence electrons. The van der Waals surface area contributed by atoms with Crippen molar-refractivity contribution in [2.45, 2.75) is 0 Å². The molecule has 0 amide bonds. The number of anilines is 1. The number of nitriles is 1. The Bertz CT molecular complexity index is 382. The molecule has 0 heterocycles. The van der Waals surface area contributed by atoms with Crippen molar-refractivity contribution in [2.24, 2.45) is 0 Å². The van der Waals surface area contributed by atoms with Crippen LogP contribution in [-0.2, 0) is 0 Å². The number of nitrogens with zero attached hydrogens (tertiary/aromatic N) is 1. The molecule has 0 aliphatic carbocycles. The Hall–Kier alpha value is -1.53. The number of hydrogen-bond donors (Lipinski definition) is 1. The van der Waals surface area contributed by atoms with Gasteiger partial charge in [0.05, 0.1) is 5.56 Å². The molecule has 1 aromatic carbocycles. The van der Waals surface area contributed by atoms with E-state index in [-0.39, 0.29) is 5.56 Å². The number of halogens is 2. The predicted molar refractivity (Wildman–Crippen MR) is 54.6 cm³/mol. The summed E-state index contributed by atoms with van der Waals surface area (Å²) in [5.41, 5.74) is 2.12. The second-order valence-electron chi connectivity index (χ2n) is 2.55. The van der Waals surface area contributed by atoms with Crippen molar-refractivity contribution in [3.63, 3.8) is 0 Å². The van der Waals surface area contributed by atoms with Gasteiger partial charge in [-0.05, 0) is 18.2 Å². The van der Waals surface area contributed by atoms with E-state index in [1.54, 1.807) is 18.2 Å². The van der Waals surface area contributed by atoms with Crippen LogP contribution >= 0.6 is 11.6 Å². The largest absolute Gasteiger partial charge is 0.381 e. The third-order valence-electron chi connectivity index (χ3n) is 1.60. The van der Waals surface area contributed by atoms with Crippen LogP contribution in [0.25, 0.3) is 0 Å². The lowest BCUT2D eigenvalue weighted by Gasteiger charge is -2.03. The average Bonchev–Trinajstić information content (AvgIpc) is 2.21. The highest BCUT2D eigenvalue weighted by molar-refractivity contribution is 6.25. The lowest BCUT2D eigenvalue weighted by molar-refractivity contribution is 0.624. The van der Waals surface area contributed by atoms with Crippen molar-refractivity contribution < 1.29 is 4.39 Å². The molecule has 0 saturated heterocycles. The molecule has 0 atom stereocenters. The van der Waals surface area contributed by atoms with E-state index in [0.29, 0.717) is 12.2 Å². The highest BCUT2D eigenvalue weighted by Crippen LogP contribution is 2.13. The summed E-state index contributed by atoms with van der Waals surface area (Å²) in [5, 5.41) is 11.5. The average molecular weight is 211 g/mol. The van der Waals surface area contributed by atoms with Crippen molar-refractivity contribution in [3.8, 4) is 6.07 Å². The van der Waals surface area contributed by atoms with E-state index >= 15 is 0 Å². The molecule has 4 heteroatoms. The standard InChI is InChI=1S/C10H8ClFN2/c11-4-1-5-14-9-2-3-10(12)8(6-9)7-13/h1-4,6,14H,5H2/b4-1+. The van der Waals surface area contributed by atoms with Gasteiger partial charge in [-0.1, -0.05) is 17.7 Å². The molecular formula is C10H8ClFN2. The van der Waals surface area contributed by atoms with Crippen LogP contribution in [0, 0.1) is 17.1 Å². The predicted octanol–water partition coefficient (Wildman–Crippen LogP) is 2.86. The van der Waals surface area contributed by atoms with Crippen LogP contribution in [0.15, 0.2) is 29.8 Å². The number of nitrogens with one attached hydrogen (secondary N) is 1. The maximum Gasteiger partial charge on any atom is 0.141 e. The minimum absolute atomic E-state index is 0.0323. The van der Waals surface area contributed by atoms with Gasteiger partial charge in [0.15, 0.2) is 0 Å². The van der Waals surface area contributed by atoms with Gasteiger partial charge in [-0.3, -0.25) is 0 Å². The molecule has 1 aromatic rings. The van der Waals surface area contributed by atoms with E-state index in [1.807, 2.05) is 0 Å². The maximum absolute atomic E-state index is 12.9. The second kappa shape index (κ2) is 5.25. The SMILES string of the molecule is N#Cc1cc(NC/C=C/Cl)ccc1F. The van der Waals surface area contributed by atoms with E-state index in [9.17, 15) is 4.39 Å². The Labute approximate surface area is 86.6 Å². The molecule has 0 aromatic heterocycles. The van der Waals surface area contributed by atoms with Crippen LogP contribution in [0.1, 0.15) is 5.56 Å². The summed E-state index contributed by atoms with van der Waals surface area (Å²) in [4.78, 5) is 0. The van der Waals surface area contributed by atoms with E-state index in [4.69, 9.17) is 16.9 Å². The van der Waals surface area contributed by atoms with Crippen molar-refractivity contribution in [3.05, 3.63) is 41.2 Å². The fraction of sp³-hybridized carbons (Fsp3) is 0.100. The zero-order valence-corrected chi connectivity index (χ0v) is 8.05. The zero-order valence-electron chi connectivity index (χ0n) is 7.30. The smallest absolute Gasteiger partial charge is 0.141 e. The first kappa shape index (κ1) is 10.6. The van der Waals surface area contributed by atoms with Crippen molar-refractivity contribution in [1.29, 1.82) is 5.26 Å². The topological polar surface area (TPSA) is 35.8 Å². The van der Waals surface area contributed by atoms with Crippen LogP contribution in [0.5, 0.6) is 0 Å². The number of benzene rings is 1. The Morgan fingerprint density at radius 1 is 1.57 bits per heavy atom. The lowest BCUT2D eigenvalue weighted by Crippen LogP contribution is -1.98. The summed E-state index contributed by atoms with van der Waals surface area (Å²) in [5.74, 6) is -0.508. The summed E-state index contributed by atoms with van der Waals surface area (Å²) >= 11 is 5.32. The van der Waals surface area contributed by atoms with Crippen molar-refractivity contribution in [1.82, 2.24) is 0 Å². The molecule has 0 aliphatic rings. The van der Waals surface area contributed by atoms with Crippen LogP contribution in [0.4, 0.5) is 10.1 Å². The molecule has 0 saturated carbocycles. The summed E-state index contributed by atoms with van der Waals surface area (Å²) in [6.07, 6.45) is 1.71. The van der Waals surface area contributed by atoms with Gasteiger partial charge in [0, 0.05) is 17.8 Å². The highest BCUT2D eigenvalue weighted by atomic mass is 35.5. The fourth-order valence-corrected chi connectivity index (χ4v) is 1.03. The summed E-state index contributed by atoms with van der Waals surface area (Å²) in [7, 11) is 0. The molecule has 0 aliphatic heterocycles. The van der Waals surface area contributed by atoms with Gasteiger partial charge in [-0.2, -0.15) is 5.26 Å². The maximum atomic E-state index is 12.9. The fourth-order valence-electron chi connectivity index (χ4n) is 0.942. The van der Waals surface area contributed by atoms with Crippen molar-refractivity contribution in [2.75, 3.05) is 11.9 Å². The van der Waals surface area contributed by atoms with Crippen molar-refractivity contribution >= 4 is 17.3 Å². The van der Waals surface area contributed by atoms with Crippen LogP contribution < -0.4 is 5.32 Å². The molecule has 0 spiro atoms. The molecule has 0 radical (unpaired) electrons. The number of hydrogen-bond acceptors (Lipinski definition) is 2. The normalized spacial score (nSPS) is 10.1. The minimum Gasteiger partial charge on any atom is -0.381 e. The first-order chi connectivity index (χ1) is 6.77. The first-order valence-corrected chi connectivity index (χ1v) is 4.40. The van der Waals surface area contributed by atoms with Gasteiger partial charge in [0.25, 0.3) is 0 Å². The third kappa shape index (κ3) is 2.75. The van der Waals surface area contributed by atoms with Gasteiger partial charge in [-0.25, -0.2) is 4.39 Å². The van der Waals surface area contributed by atoms with Gasteiger partial charge < -0.3 is 5.32 Å². The van der Waals surface area contributed by atoms with Crippen LogP contribution in [0.2, 0.25) is 0 Å². The lowest BCUT2D eigenvalue weighted by atomic mass is 10.2. The molecule has 2 nitrogen and oxygen atoms in total. The van der Waals surface area contributed by atoms with E-state index in [2.05, 4.69) is 5.32 Å².